The molecule has 3 fully saturated rings. The van der Waals surface area contributed by atoms with Crippen LogP contribution in [0.15, 0.2) is 75.6 Å². The number of nitrogens with one attached hydrogen (secondary N) is 2. The standard InChI is InChI=1S/C35H44N8OS2/c1-24-19-31(40-39-24)36-33-32(44-3)34(43-17-15-42(16-18-43)22-26-20-27-9-10-28(21-26)41(27)2)38-35(37-33)46-30-13-11-29(12-14-30)45-23-25-7-5-4-6-8-25/h4-8,11-14,19,26-28H,9-10,15-18,20-23H2,1-3H3,(H2,36,37,38,39,40). The van der Waals surface area contributed by atoms with Crippen molar-refractivity contribution in [3.8, 4) is 5.75 Å². The summed E-state index contributed by atoms with van der Waals surface area (Å²) in [7, 11) is 4.03. The molecule has 3 aliphatic heterocycles. The number of fused-ring (bicyclic) bond motifs is 2. The van der Waals surface area contributed by atoms with Gasteiger partial charge in [-0.3, -0.25) is 10.00 Å². The molecule has 7 rings (SSSR count). The molecule has 9 nitrogen and oxygen atoms in total. The average molecular weight is 657 g/mol. The van der Waals surface area contributed by atoms with E-state index < -0.39 is 0 Å². The Bertz CT molecular complexity index is 1580. The van der Waals surface area contributed by atoms with E-state index in [1.807, 2.05) is 24.8 Å². The fourth-order valence-corrected chi connectivity index (χ4v) is 8.79. The zero-order valence-electron chi connectivity index (χ0n) is 27.0. The maximum absolute atomic E-state index is 5.98. The van der Waals surface area contributed by atoms with Crippen LogP contribution in [-0.2, 0) is 5.75 Å². The fourth-order valence-electron chi connectivity index (χ4n) is 7.19. The molecule has 0 radical (unpaired) electrons. The number of anilines is 3. The minimum absolute atomic E-state index is 0.626. The van der Waals surface area contributed by atoms with Gasteiger partial charge in [-0.15, -0.1) is 11.8 Å². The molecule has 5 heterocycles. The number of aromatic amines is 1. The van der Waals surface area contributed by atoms with Crippen LogP contribution >= 0.6 is 23.5 Å². The molecule has 0 aliphatic carbocycles. The third-order valence-corrected chi connectivity index (χ3v) is 11.6. The second kappa shape index (κ2) is 14.3. The summed E-state index contributed by atoms with van der Waals surface area (Å²) in [4.78, 5) is 20.0. The Kier molecular flexibility index (Phi) is 9.71. The van der Waals surface area contributed by atoms with Gasteiger partial charge in [-0.2, -0.15) is 5.10 Å². The van der Waals surface area contributed by atoms with Crippen LogP contribution in [0.2, 0.25) is 0 Å². The Balaban J connectivity index is 1.06. The molecule has 2 N–H and O–H groups in total. The minimum atomic E-state index is 0.626. The predicted molar refractivity (Wildman–Crippen MR) is 188 cm³/mol. The predicted octanol–water partition coefficient (Wildman–Crippen LogP) is 6.70. The lowest BCUT2D eigenvalue weighted by Gasteiger charge is -2.41. The highest BCUT2D eigenvalue weighted by atomic mass is 32.2. The van der Waals surface area contributed by atoms with Crippen LogP contribution in [0.1, 0.15) is 36.9 Å². The maximum Gasteiger partial charge on any atom is 0.204 e. The molecule has 2 aromatic carbocycles. The van der Waals surface area contributed by atoms with Crippen molar-refractivity contribution in [3.63, 3.8) is 0 Å². The van der Waals surface area contributed by atoms with Crippen LogP contribution in [0.5, 0.6) is 5.75 Å². The van der Waals surface area contributed by atoms with Gasteiger partial charge in [-0.1, -0.05) is 30.3 Å². The van der Waals surface area contributed by atoms with Gasteiger partial charge in [0.15, 0.2) is 22.6 Å². The number of ether oxygens (including phenoxy) is 1. The number of H-pyrrole nitrogens is 1. The highest BCUT2D eigenvalue weighted by Crippen LogP contribution is 2.40. The van der Waals surface area contributed by atoms with Gasteiger partial charge in [0.1, 0.15) is 0 Å². The summed E-state index contributed by atoms with van der Waals surface area (Å²) in [6, 6.07) is 22.8. The molecule has 2 atom stereocenters. The number of hydrogen-bond donors (Lipinski definition) is 2. The zero-order valence-corrected chi connectivity index (χ0v) is 28.6. The molecule has 11 heteroatoms. The van der Waals surface area contributed by atoms with Crippen molar-refractivity contribution in [2.45, 2.75) is 65.4 Å². The van der Waals surface area contributed by atoms with E-state index in [4.69, 9.17) is 14.7 Å². The smallest absolute Gasteiger partial charge is 0.204 e. The van der Waals surface area contributed by atoms with Crippen molar-refractivity contribution in [3.05, 3.63) is 71.9 Å². The minimum Gasteiger partial charge on any atom is -0.490 e. The number of aromatic nitrogens is 4. The number of benzene rings is 2. The third kappa shape index (κ3) is 7.33. The van der Waals surface area contributed by atoms with Crippen molar-refractivity contribution in [2.24, 2.45) is 5.92 Å². The molecular formula is C35H44N8OS2. The molecule has 3 saturated heterocycles. The number of piperazine rings is 1. The number of aryl methyl sites for hydroxylation is 1. The van der Waals surface area contributed by atoms with E-state index >= 15 is 0 Å². The number of rotatable bonds is 11. The van der Waals surface area contributed by atoms with Gasteiger partial charge in [0.25, 0.3) is 0 Å². The molecular weight excluding hydrogens is 613 g/mol. The number of nitrogens with zero attached hydrogens (tertiary/aromatic N) is 6. The van der Waals surface area contributed by atoms with Crippen molar-refractivity contribution in [1.82, 2.24) is 30.0 Å². The monoisotopic (exact) mass is 656 g/mol. The van der Waals surface area contributed by atoms with Crippen LogP contribution in [-0.4, -0.2) is 88.9 Å². The van der Waals surface area contributed by atoms with Crippen LogP contribution in [0.3, 0.4) is 0 Å². The lowest BCUT2D eigenvalue weighted by molar-refractivity contribution is 0.103. The Morgan fingerprint density at radius 1 is 0.935 bits per heavy atom. The molecule has 4 aromatic rings. The van der Waals surface area contributed by atoms with Gasteiger partial charge in [-0.05, 0) is 87.2 Å². The van der Waals surface area contributed by atoms with Crippen LogP contribution in [0, 0.1) is 12.8 Å². The van der Waals surface area contributed by atoms with Gasteiger partial charge in [0, 0.05) is 72.1 Å². The van der Waals surface area contributed by atoms with E-state index in [0.29, 0.717) is 22.5 Å². The third-order valence-electron chi connectivity index (χ3n) is 9.65. The fraction of sp³-hybridized carbons (Fsp3) is 0.457. The lowest BCUT2D eigenvalue weighted by Crippen LogP contribution is -2.50. The van der Waals surface area contributed by atoms with Crippen molar-refractivity contribution in [1.29, 1.82) is 0 Å². The average Bonchev–Trinajstić information content (AvgIpc) is 3.56. The van der Waals surface area contributed by atoms with Crippen molar-refractivity contribution in [2.75, 3.05) is 57.1 Å². The number of piperidine rings is 1. The molecule has 2 unspecified atom stereocenters. The van der Waals surface area contributed by atoms with Crippen molar-refractivity contribution >= 4 is 41.0 Å². The summed E-state index contributed by atoms with van der Waals surface area (Å²) in [6.45, 7) is 7.07. The quantitative estimate of drug-likeness (QED) is 0.134. The van der Waals surface area contributed by atoms with Gasteiger partial charge < -0.3 is 19.9 Å². The van der Waals surface area contributed by atoms with Gasteiger partial charge in [0.2, 0.25) is 5.75 Å². The summed E-state index contributed by atoms with van der Waals surface area (Å²) >= 11 is 3.42. The maximum atomic E-state index is 5.98. The molecule has 3 aliphatic rings. The van der Waals surface area contributed by atoms with E-state index in [1.54, 1.807) is 18.9 Å². The number of thioether (sulfide) groups is 1. The zero-order chi connectivity index (χ0) is 31.5. The Morgan fingerprint density at radius 3 is 2.33 bits per heavy atom. The van der Waals surface area contributed by atoms with Crippen LogP contribution in [0.4, 0.5) is 17.5 Å². The first-order chi connectivity index (χ1) is 22.5. The van der Waals surface area contributed by atoms with E-state index in [1.165, 1.54) is 42.7 Å². The highest BCUT2D eigenvalue weighted by molar-refractivity contribution is 7.99. The molecule has 0 saturated carbocycles. The van der Waals surface area contributed by atoms with Crippen LogP contribution in [0.25, 0.3) is 0 Å². The largest absolute Gasteiger partial charge is 0.490 e. The first kappa shape index (κ1) is 31.4. The number of hydrogen-bond acceptors (Lipinski definition) is 10. The topological polar surface area (TPSA) is 85.4 Å². The van der Waals surface area contributed by atoms with Gasteiger partial charge in [0.05, 0.1) is 7.11 Å². The Hall–Kier alpha value is -3.25. The summed E-state index contributed by atoms with van der Waals surface area (Å²) in [5.41, 5.74) is 2.30. The Morgan fingerprint density at radius 2 is 1.65 bits per heavy atom. The molecule has 46 heavy (non-hydrogen) atoms. The van der Waals surface area contributed by atoms with Crippen molar-refractivity contribution < 1.29 is 4.74 Å². The summed E-state index contributed by atoms with van der Waals surface area (Å²) < 4.78 is 5.98. The second-order valence-corrected chi connectivity index (χ2v) is 14.9. The van der Waals surface area contributed by atoms with Crippen LogP contribution < -0.4 is 15.0 Å². The van der Waals surface area contributed by atoms with E-state index in [-0.39, 0.29) is 0 Å². The van der Waals surface area contributed by atoms with Gasteiger partial charge >= 0.3 is 0 Å². The number of methoxy groups -OCH3 is 1. The molecule has 2 aromatic heterocycles. The van der Waals surface area contributed by atoms with E-state index in [2.05, 4.69) is 91.9 Å². The summed E-state index contributed by atoms with van der Waals surface area (Å²) in [5.74, 6) is 4.58. The molecule has 0 amide bonds. The summed E-state index contributed by atoms with van der Waals surface area (Å²) in [5, 5.41) is 11.5. The second-order valence-electron chi connectivity index (χ2n) is 12.8. The SMILES string of the molecule is COc1c(Nc2cc(C)[nH]n2)nc(Sc2ccc(SCc3ccccc3)cc2)nc1N1CCN(CC2CC3CCC(C2)N3C)CC1. The van der Waals surface area contributed by atoms with Gasteiger partial charge in [-0.25, -0.2) is 9.97 Å². The first-order valence-corrected chi connectivity index (χ1v) is 18.2. The molecule has 0 spiro atoms. The molecule has 2 bridgehead atoms. The lowest BCUT2D eigenvalue weighted by atomic mass is 9.90. The van der Waals surface area contributed by atoms with E-state index in [9.17, 15) is 0 Å². The Labute approximate surface area is 280 Å². The molecule has 242 valence electrons. The first-order valence-electron chi connectivity index (χ1n) is 16.4. The highest BCUT2D eigenvalue weighted by Gasteiger charge is 2.39. The summed E-state index contributed by atoms with van der Waals surface area (Å²) in [6.07, 6.45) is 5.46. The normalized spacial score (nSPS) is 21.9. The van der Waals surface area contributed by atoms with E-state index in [0.717, 1.165) is 66.3 Å².